The van der Waals surface area contributed by atoms with Gasteiger partial charge in [0.15, 0.2) is 0 Å². The van der Waals surface area contributed by atoms with Crippen molar-refractivity contribution < 1.29 is 0 Å². The second-order valence-corrected chi connectivity index (χ2v) is 10.1. The standard InChI is InChI=1S/C35H25Br/c36-33-19-17-28(18-20-33)27-11-13-29(14-12-27)32(22-25-6-2-1-3-7-25)24-26-10-21-35-31(23-26)16-15-30-8-4-5-9-34(30)35/h1-21,23-24H,22H2/b32-24-. The average molecular weight is 525 g/mol. The van der Waals surface area contributed by atoms with E-state index >= 15 is 0 Å². The predicted octanol–water partition coefficient (Wildman–Crippen LogP) is 10.2. The smallest absolute Gasteiger partial charge is 0.0175 e. The van der Waals surface area contributed by atoms with Crippen LogP contribution in [0.25, 0.3) is 44.3 Å². The van der Waals surface area contributed by atoms with Crippen LogP contribution in [0.4, 0.5) is 0 Å². The van der Waals surface area contributed by atoms with E-state index in [0.717, 1.165) is 10.9 Å². The van der Waals surface area contributed by atoms with Gasteiger partial charge in [-0.3, -0.25) is 0 Å². The number of benzene rings is 6. The van der Waals surface area contributed by atoms with E-state index in [9.17, 15) is 0 Å². The zero-order chi connectivity index (χ0) is 24.3. The molecule has 0 heterocycles. The van der Waals surface area contributed by atoms with E-state index in [0.29, 0.717) is 0 Å². The van der Waals surface area contributed by atoms with E-state index in [1.54, 1.807) is 0 Å². The maximum atomic E-state index is 3.53. The Bertz CT molecular complexity index is 1680. The fourth-order valence-electron chi connectivity index (χ4n) is 4.89. The molecule has 0 saturated carbocycles. The molecule has 0 amide bonds. The van der Waals surface area contributed by atoms with Crippen LogP contribution in [0.2, 0.25) is 0 Å². The van der Waals surface area contributed by atoms with Crippen LogP contribution in [-0.4, -0.2) is 0 Å². The van der Waals surface area contributed by atoms with Gasteiger partial charge in [0.25, 0.3) is 0 Å². The summed E-state index contributed by atoms with van der Waals surface area (Å²) in [6.45, 7) is 0. The summed E-state index contributed by atoms with van der Waals surface area (Å²) >= 11 is 3.53. The lowest BCUT2D eigenvalue weighted by molar-refractivity contribution is 1.29. The Morgan fingerprint density at radius 2 is 1.19 bits per heavy atom. The van der Waals surface area contributed by atoms with Crippen molar-refractivity contribution in [2.45, 2.75) is 6.42 Å². The third kappa shape index (κ3) is 4.76. The average Bonchev–Trinajstić information content (AvgIpc) is 2.94. The number of hydrogen-bond donors (Lipinski definition) is 0. The maximum absolute atomic E-state index is 3.53. The third-order valence-electron chi connectivity index (χ3n) is 6.78. The summed E-state index contributed by atoms with van der Waals surface area (Å²) in [5.74, 6) is 0. The second-order valence-electron chi connectivity index (χ2n) is 9.18. The third-order valence-corrected chi connectivity index (χ3v) is 7.31. The predicted molar refractivity (Wildman–Crippen MR) is 159 cm³/mol. The fraction of sp³-hybridized carbons (Fsp3) is 0.0286. The summed E-state index contributed by atoms with van der Waals surface area (Å²) in [6, 6.07) is 48.0. The molecule has 0 aliphatic heterocycles. The van der Waals surface area contributed by atoms with Gasteiger partial charge in [-0.2, -0.15) is 0 Å². The molecule has 0 atom stereocenters. The van der Waals surface area contributed by atoms with Crippen LogP contribution in [-0.2, 0) is 6.42 Å². The summed E-state index contributed by atoms with van der Waals surface area (Å²) in [6.07, 6.45) is 3.23. The van der Waals surface area contributed by atoms with Crippen LogP contribution in [0.15, 0.2) is 138 Å². The molecular formula is C35H25Br. The Morgan fingerprint density at radius 1 is 0.556 bits per heavy atom. The van der Waals surface area contributed by atoms with Crippen LogP contribution in [0, 0.1) is 0 Å². The number of halogens is 1. The van der Waals surface area contributed by atoms with E-state index in [1.807, 2.05) is 0 Å². The molecule has 1 heteroatoms. The van der Waals surface area contributed by atoms with Crippen LogP contribution in [0.5, 0.6) is 0 Å². The van der Waals surface area contributed by atoms with Crippen molar-refractivity contribution in [2.24, 2.45) is 0 Å². The highest BCUT2D eigenvalue weighted by atomic mass is 79.9. The van der Waals surface area contributed by atoms with Gasteiger partial charge in [-0.05, 0) is 79.6 Å². The molecule has 6 aromatic carbocycles. The molecular weight excluding hydrogens is 500 g/mol. The molecule has 6 aromatic rings. The Hall–Kier alpha value is -3.94. The molecule has 0 fully saturated rings. The van der Waals surface area contributed by atoms with Gasteiger partial charge in [-0.25, -0.2) is 0 Å². The Morgan fingerprint density at radius 3 is 1.97 bits per heavy atom. The molecule has 172 valence electrons. The van der Waals surface area contributed by atoms with Gasteiger partial charge in [-0.15, -0.1) is 0 Å². The molecule has 0 radical (unpaired) electrons. The SMILES string of the molecule is Brc1ccc(-c2ccc(/C(=C\c3ccc4c(ccc5ccccc54)c3)Cc3ccccc3)cc2)cc1. The monoisotopic (exact) mass is 524 g/mol. The first kappa shape index (κ1) is 22.5. The molecule has 0 aliphatic carbocycles. The molecule has 0 unspecified atom stereocenters. The maximum Gasteiger partial charge on any atom is 0.0175 e. The summed E-state index contributed by atoms with van der Waals surface area (Å²) in [5.41, 5.74) is 7.54. The van der Waals surface area contributed by atoms with Crippen LogP contribution in [0.3, 0.4) is 0 Å². The van der Waals surface area contributed by atoms with E-state index < -0.39 is 0 Å². The van der Waals surface area contributed by atoms with Gasteiger partial charge in [0.1, 0.15) is 0 Å². The van der Waals surface area contributed by atoms with Crippen molar-refractivity contribution >= 4 is 49.1 Å². The highest BCUT2D eigenvalue weighted by Crippen LogP contribution is 2.30. The number of fused-ring (bicyclic) bond motifs is 3. The largest absolute Gasteiger partial charge is 0.0622 e. The lowest BCUT2D eigenvalue weighted by Gasteiger charge is -2.11. The highest BCUT2D eigenvalue weighted by molar-refractivity contribution is 9.10. The minimum atomic E-state index is 0.883. The fourth-order valence-corrected chi connectivity index (χ4v) is 5.16. The van der Waals surface area contributed by atoms with E-state index in [4.69, 9.17) is 0 Å². The van der Waals surface area contributed by atoms with Gasteiger partial charge < -0.3 is 0 Å². The molecule has 0 spiro atoms. The van der Waals surface area contributed by atoms with Crippen molar-refractivity contribution in [3.63, 3.8) is 0 Å². The number of hydrogen-bond acceptors (Lipinski definition) is 0. The minimum Gasteiger partial charge on any atom is -0.0622 e. The molecule has 6 rings (SSSR count). The minimum absolute atomic E-state index is 0.883. The molecule has 0 N–H and O–H groups in total. The topological polar surface area (TPSA) is 0 Å². The van der Waals surface area contributed by atoms with Gasteiger partial charge >= 0.3 is 0 Å². The Balaban J connectivity index is 1.40. The summed E-state index contributed by atoms with van der Waals surface area (Å²) in [5, 5.41) is 5.16. The number of rotatable bonds is 5. The summed E-state index contributed by atoms with van der Waals surface area (Å²) < 4.78 is 1.10. The Kier molecular flexibility index (Phi) is 6.24. The lowest BCUT2D eigenvalue weighted by atomic mass is 9.93. The zero-order valence-corrected chi connectivity index (χ0v) is 21.5. The van der Waals surface area contributed by atoms with Crippen LogP contribution in [0.1, 0.15) is 16.7 Å². The van der Waals surface area contributed by atoms with Crippen molar-refractivity contribution in [1.29, 1.82) is 0 Å². The van der Waals surface area contributed by atoms with Gasteiger partial charge in [0.05, 0.1) is 0 Å². The van der Waals surface area contributed by atoms with Crippen LogP contribution < -0.4 is 0 Å². The first-order valence-corrected chi connectivity index (χ1v) is 13.0. The zero-order valence-electron chi connectivity index (χ0n) is 19.9. The van der Waals surface area contributed by atoms with Crippen molar-refractivity contribution in [3.8, 4) is 11.1 Å². The van der Waals surface area contributed by atoms with E-state index in [2.05, 4.69) is 155 Å². The molecule has 0 aromatic heterocycles. The second kappa shape index (κ2) is 9.97. The Labute approximate surface area is 220 Å². The van der Waals surface area contributed by atoms with Gasteiger partial charge in [0, 0.05) is 4.47 Å². The van der Waals surface area contributed by atoms with Crippen molar-refractivity contribution in [1.82, 2.24) is 0 Å². The summed E-state index contributed by atoms with van der Waals surface area (Å²) in [7, 11) is 0. The molecule has 0 saturated heterocycles. The quantitative estimate of drug-likeness (QED) is 0.155. The van der Waals surface area contributed by atoms with Crippen molar-refractivity contribution in [2.75, 3.05) is 0 Å². The first-order chi connectivity index (χ1) is 17.7. The molecule has 36 heavy (non-hydrogen) atoms. The highest BCUT2D eigenvalue weighted by Gasteiger charge is 2.07. The molecule has 0 nitrogen and oxygen atoms in total. The van der Waals surface area contributed by atoms with Crippen molar-refractivity contribution in [3.05, 3.63) is 155 Å². The van der Waals surface area contributed by atoms with Gasteiger partial charge in [0.2, 0.25) is 0 Å². The first-order valence-electron chi connectivity index (χ1n) is 12.3. The molecule has 0 bridgehead atoms. The molecule has 0 aliphatic rings. The van der Waals surface area contributed by atoms with Gasteiger partial charge in [-0.1, -0.05) is 137 Å². The van der Waals surface area contributed by atoms with E-state index in [1.165, 1.54) is 54.9 Å². The van der Waals surface area contributed by atoms with Crippen LogP contribution >= 0.6 is 15.9 Å². The lowest BCUT2D eigenvalue weighted by Crippen LogP contribution is -1.92. The van der Waals surface area contributed by atoms with E-state index in [-0.39, 0.29) is 0 Å². The number of allylic oxidation sites excluding steroid dienone is 1. The normalized spacial score (nSPS) is 11.8. The summed E-state index contributed by atoms with van der Waals surface area (Å²) in [4.78, 5) is 0.